The number of benzene rings is 1. The highest BCUT2D eigenvalue weighted by Crippen LogP contribution is 2.40. The first kappa shape index (κ1) is 11.8. The van der Waals surface area contributed by atoms with Crippen LogP contribution < -0.4 is 4.74 Å². The second-order valence-electron chi connectivity index (χ2n) is 4.35. The third-order valence-corrected chi connectivity index (χ3v) is 4.16. The molecule has 0 bridgehead atoms. The zero-order chi connectivity index (χ0) is 11.6. The Hall–Kier alpha value is -0.670. The molecule has 1 aliphatic rings. The summed E-state index contributed by atoms with van der Waals surface area (Å²) in [6.45, 7) is 2.05. The van der Waals surface area contributed by atoms with Gasteiger partial charge >= 0.3 is 0 Å². The fourth-order valence-corrected chi connectivity index (χ4v) is 3.33. The van der Waals surface area contributed by atoms with E-state index in [0.717, 1.165) is 35.7 Å². The first-order chi connectivity index (χ1) is 7.65. The molecule has 1 fully saturated rings. The molecule has 2 rings (SSSR count). The molecule has 1 N–H and O–H groups in total. The van der Waals surface area contributed by atoms with Crippen molar-refractivity contribution >= 4 is 11.8 Å². The first-order valence-electron chi connectivity index (χ1n) is 5.61. The summed E-state index contributed by atoms with van der Waals surface area (Å²) in [6.07, 6.45) is 1.63. The molecule has 1 aliphatic heterocycles. The number of ether oxygens (including phenoxy) is 1. The summed E-state index contributed by atoms with van der Waals surface area (Å²) in [5, 5.41) is 10.7. The van der Waals surface area contributed by atoms with Gasteiger partial charge in [-0.05, 0) is 43.4 Å². The number of hydrogen-bond donors (Lipinski definition) is 1. The lowest BCUT2D eigenvalue weighted by Gasteiger charge is -2.33. The fraction of sp³-hybridized carbons (Fsp3) is 0.538. The van der Waals surface area contributed by atoms with Crippen molar-refractivity contribution in [2.24, 2.45) is 0 Å². The lowest BCUT2D eigenvalue weighted by Crippen LogP contribution is -2.31. The summed E-state index contributed by atoms with van der Waals surface area (Å²) in [5.41, 5.74) is 1.43. The number of aryl methyl sites for hydroxylation is 1. The normalized spacial score (nSPS) is 19.4. The lowest BCUT2D eigenvalue weighted by atomic mass is 9.86. The summed E-state index contributed by atoms with van der Waals surface area (Å²) in [5.74, 6) is 2.85. The van der Waals surface area contributed by atoms with Crippen LogP contribution in [0.5, 0.6) is 5.75 Å². The van der Waals surface area contributed by atoms with Gasteiger partial charge in [-0.2, -0.15) is 11.8 Å². The van der Waals surface area contributed by atoms with E-state index in [1.807, 2.05) is 30.8 Å². The van der Waals surface area contributed by atoms with Crippen molar-refractivity contribution < 1.29 is 9.84 Å². The van der Waals surface area contributed by atoms with Crippen molar-refractivity contribution in [2.45, 2.75) is 25.4 Å². The first-order valence-corrected chi connectivity index (χ1v) is 6.76. The van der Waals surface area contributed by atoms with Crippen molar-refractivity contribution in [3.8, 4) is 5.75 Å². The molecule has 88 valence electrons. The maximum absolute atomic E-state index is 10.7. The third kappa shape index (κ3) is 2.20. The van der Waals surface area contributed by atoms with E-state index in [4.69, 9.17) is 4.74 Å². The van der Waals surface area contributed by atoms with Gasteiger partial charge < -0.3 is 9.84 Å². The molecule has 3 heteroatoms. The van der Waals surface area contributed by atoms with E-state index in [2.05, 4.69) is 6.07 Å². The number of hydrogen-bond acceptors (Lipinski definition) is 3. The third-order valence-electron chi connectivity index (χ3n) is 3.18. The molecule has 1 saturated heterocycles. The van der Waals surface area contributed by atoms with Gasteiger partial charge in [0.2, 0.25) is 0 Å². The van der Waals surface area contributed by atoms with Crippen LogP contribution in [-0.4, -0.2) is 23.7 Å². The lowest BCUT2D eigenvalue weighted by molar-refractivity contribution is 0.0257. The Balaban J connectivity index is 2.40. The SMILES string of the molecule is COc1ccc(C)cc1C1(O)CCSCC1. The molecule has 16 heavy (non-hydrogen) atoms. The molecule has 1 aromatic rings. The van der Waals surface area contributed by atoms with Gasteiger partial charge in [0, 0.05) is 5.56 Å². The van der Waals surface area contributed by atoms with Crippen molar-refractivity contribution in [3.05, 3.63) is 29.3 Å². The van der Waals surface area contributed by atoms with Gasteiger partial charge in [0.1, 0.15) is 5.75 Å². The molecule has 1 heterocycles. The maximum atomic E-state index is 10.7. The summed E-state index contributed by atoms with van der Waals surface area (Å²) < 4.78 is 5.35. The van der Waals surface area contributed by atoms with E-state index in [1.54, 1.807) is 7.11 Å². The highest BCUT2D eigenvalue weighted by molar-refractivity contribution is 7.99. The molecule has 1 aromatic carbocycles. The summed E-state index contributed by atoms with van der Waals surface area (Å²) in [6, 6.07) is 6.02. The molecule has 0 spiro atoms. The Morgan fingerprint density at radius 3 is 2.62 bits per heavy atom. The van der Waals surface area contributed by atoms with Crippen LogP contribution in [0.1, 0.15) is 24.0 Å². The van der Waals surface area contributed by atoms with Gasteiger partial charge in [-0.15, -0.1) is 0 Å². The van der Waals surface area contributed by atoms with Crippen LogP contribution in [0.15, 0.2) is 18.2 Å². The van der Waals surface area contributed by atoms with Crippen LogP contribution in [0, 0.1) is 6.92 Å². The van der Waals surface area contributed by atoms with Crippen LogP contribution in [0.25, 0.3) is 0 Å². The molecule has 0 aromatic heterocycles. The zero-order valence-corrected chi connectivity index (χ0v) is 10.6. The van der Waals surface area contributed by atoms with E-state index in [9.17, 15) is 5.11 Å². The van der Waals surface area contributed by atoms with Gasteiger partial charge in [-0.1, -0.05) is 11.6 Å². The van der Waals surface area contributed by atoms with Crippen molar-refractivity contribution in [1.82, 2.24) is 0 Å². The molecule has 2 nitrogen and oxygen atoms in total. The average molecular weight is 238 g/mol. The quantitative estimate of drug-likeness (QED) is 0.859. The van der Waals surface area contributed by atoms with Crippen LogP contribution in [0.2, 0.25) is 0 Å². The Morgan fingerprint density at radius 1 is 1.31 bits per heavy atom. The zero-order valence-electron chi connectivity index (χ0n) is 9.82. The number of rotatable bonds is 2. The summed E-state index contributed by atoms with van der Waals surface area (Å²) >= 11 is 1.91. The number of thioether (sulfide) groups is 1. The molecule has 0 aliphatic carbocycles. The fourth-order valence-electron chi connectivity index (χ4n) is 2.16. The van der Waals surface area contributed by atoms with E-state index in [1.165, 1.54) is 5.56 Å². The Bertz CT molecular complexity index is 370. The largest absolute Gasteiger partial charge is 0.496 e. The molecule has 0 amide bonds. The van der Waals surface area contributed by atoms with E-state index < -0.39 is 5.60 Å². The minimum Gasteiger partial charge on any atom is -0.496 e. The molecule has 0 atom stereocenters. The smallest absolute Gasteiger partial charge is 0.124 e. The van der Waals surface area contributed by atoms with Crippen molar-refractivity contribution in [3.63, 3.8) is 0 Å². The van der Waals surface area contributed by atoms with Gasteiger partial charge in [0.15, 0.2) is 0 Å². The topological polar surface area (TPSA) is 29.5 Å². The van der Waals surface area contributed by atoms with Crippen LogP contribution in [-0.2, 0) is 5.60 Å². The minimum atomic E-state index is -0.692. The highest BCUT2D eigenvalue weighted by atomic mass is 32.2. The minimum absolute atomic E-state index is 0.692. The van der Waals surface area contributed by atoms with Crippen LogP contribution in [0.3, 0.4) is 0 Å². The Morgan fingerprint density at radius 2 is 2.00 bits per heavy atom. The Kier molecular flexibility index (Phi) is 3.45. The maximum Gasteiger partial charge on any atom is 0.124 e. The van der Waals surface area contributed by atoms with Crippen molar-refractivity contribution in [2.75, 3.05) is 18.6 Å². The molecule has 0 radical (unpaired) electrons. The molecular weight excluding hydrogens is 220 g/mol. The Labute approximate surface area is 101 Å². The van der Waals surface area contributed by atoms with Crippen LogP contribution in [0.4, 0.5) is 0 Å². The standard InChI is InChI=1S/C13H18O2S/c1-10-3-4-12(15-2)11(9-10)13(14)5-7-16-8-6-13/h3-4,9,14H,5-8H2,1-2H3. The average Bonchev–Trinajstić information content (AvgIpc) is 2.30. The van der Waals surface area contributed by atoms with Crippen molar-refractivity contribution in [1.29, 1.82) is 0 Å². The summed E-state index contributed by atoms with van der Waals surface area (Å²) in [4.78, 5) is 0. The van der Waals surface area contributed by atoms with Gasteiger partial charge in [-0.3, -0.25) is 0 Å². The predicted molar refractivity (Wildman–Crippen MR) is 68.2 cm³/mol. The molecular formula is C13H18O2S. The van der Waals surface area contributed by atoms with Gasteiger partial charge in [-0.25, -0.2) is 0 Å². The monoisotopic (exact) mass is 238 g/mol. The van der Waals surface area contributed by atoms with Crippen LogP contribution >= 0.6 is 11.8 Å². The second-order valence-corrected chi connectivity index (χ2v) is 5.57. The summed E-state index contributed by atoms with van der Waals surface area (Å²) in [7, 11) is 1.66. The van der Waals surface area contributed by atoms with E-state index >= 15 is 0 Å². The highest BCUT2D eigenvalue weighted by Gasteiger charge is 2.34. The van der Waals surface area contributed by atoms with E-state index in [-0.39, 0.29) is 0 Å². The number of methoxy groups -OCH3 is 1. The van der Waals surface area contributed by atoms with E-state index in [0.29, 0.717) is 0 Å². The number of aliphatic hydroxyl groups is 1. The van der Waals surface area contributed by atoms with Gasteiger partial charge in [0.05, 0.1) is 12.7 Å². The second kappa shape index (κ2) is 4.68. The predicted octanol–water partition coefficient (Wildman–Crippen LogP) is 2.72. The molecule has 0 saturated carbocycles. The van der Waals surface area contributed by atoms with Gasteiger partial charge in [0.25, 0.3) is 0 Å². The molecule has 0 unspecified atom stereocenters.